The molecule has 1 amide bonds. The van der Waals surface area contributed by atoms with Crippen LogP contribution in [-0.2, 0) is 27.9 Å². The van der Waals surface area contributed by atoms with Crippen LogP contribution in [0.15, 0.2) is 59.5 Å². The van der Waals surface area contributed by atoms with E-state index in [4.69, 9.17) is 11.6 Å². The molecule has 0 aromatic heterocycles. The zero-order valence-electron chi connectivity index (χ0n) is 30.0. The van der Waals surface area contributed by atoms with Gasteiger partial charge in [0.2, 0.25) is 21.7 Å². The van der Waals surface area contributed by atoms with Gasteiger partial charge in [0.05, 0.1) is 12.1 Å². The molecule has 1 unspecified atom stereocenters. The molecule has 3 aliphatic rings. The summed E-state index contributed by atoms with van der Waals surface area (Å²) in [6.45, 7) is 1.63. The Labute approximate surface area is 324 Å². The highest BCUT2D eigenvalue weighted by Crippen LogP contribution is 2.46. The smallest absolute Gasteiger partial charge is 0.335 e. The molecular weight excluding hydrogens is 784 g/mol. The molecule has 0 spiro atoms. The van der Waals surface area contributed by atoms with Gasteiger partial charge in [-0.2, -0.15) is 4.31 Å². The highest BCUT2D eigenvalue weighted by molar-refractivity contribution is 7.89. The number of hydrogen-bond acceptors (Lipinski definition) is 5. The number of benzene rings is 4. The van der Waals surface area contributed by atoms with Crippen molar-refractivity contribution in [2.45, 2.75) is 81.3 Å². The second-order valence-corrected chi connectivity index (χ2v) is 16.8. The van der Waals surface area contributed by atoms with Gasteiger partial charge in [-0.1, -0.05) is 23.7 Å². The highest BCUT2D eigenvalue weighted by Gasteiger charge is 2.43. The first-order chi connectivity index (χ1) is 26.6. The van der Waals surface area contributed by atoms with E-state index in [9.17, 15) is 35.9 Å². The zero-order valence-corrected chi connectivity index (χ0v) is 31.5. The molecule has 0 radical (unpaired) electrons. The third-order valence-corrected chi connectivity index (χ3v) is 12.9. The second kappa shape index (κ2) is 15.4. The zero-order chi connectivity index (χ0) is 40.2. The second-order valence-electron chi connectivity index (χ2n) is 14.5. The predicted molar refractivity (Wildman–Crippen MR) is 196 cm³/mol. The van der Waals surface area contributed by atoms with E-state index in [1.165, 1.54) is 23.1 Å². The van der Waals surface area contributed by atoms with E-state index >= 15 is 13.6 Å². The number of rotatable bonds is 13. The Morgan fingerprint density at radius 3 is 2.04 bits per heavy atom. The fraction of sp³-hybridized carbons (Fsp3) is 0.350. The summed E-state index contributed by atoms with van der Waals surface area (Å²) in [5.74, 6) is -15.7. The lowest BCUT2D eigenvalue weighted by atomic mass is 10.0. The summed E-state index contributed by atoms with van der Waals surface area (Å²) in [7, 11) is -5.79. The highest BCUT2D eigenvalue weighted by atomic mass is 35.5. The topological polar surface area (TPSA) is 98.2 Å². The van der Waals surface area contributed by atoms with Crippen LogP contribution in [0.5, 0.6) is 0 Å². The Morgan fingerprint density at radius 1 is 0.821 bits per heavy atom. The van der Waals surface area contributed by atoms with Gasteiger partial charge >= 0.3 is 5.97 Å². The van der Waals surface area contributed by atoms with E-state index in [1.54, 1.807) is 0 Å². The van der Waals surface area contributed by atoms with E-state index in [0.29, 0.717) is 29.9 Å². The molecular formula is C40H36ClF6N3O5S. The number of carbonyl (C=O) groups excluding carboxylic acids is 1. The summed E-state index contributed by atoms with van der Waals surface area (Å²) in [5, 5.41) is 9.47. The molecule has 1 N–H and O–H groups in total. The van der Waals surface area contributed by atoms with Crippen molar-refractivity contribution in [3.05, 3.63) is 122 Å². The number of hydrogen-bond donors (Lipinski definition) is 1. The average Bonchev–Trinajstić information content (AvgIpc) is 4.12. The van der Waals surface area contributed by atoms with Gasteiger partial charge < -0.3 is 14.9 Å². The lowest BCUT2D eigenvalue weighted by Gasteiger charge is -2.34. The molecule has 1 heterocycles. The van der Waals surface area contributed by atoms with Crippen LogP contribution in [0.1, 0.15) is 89.9 Å². The standard InChI is InChI=1S/C40H36ClF6N3O5S/c1-21(50(20-26-8-10-28(42)18-31(26)41)56(54,55)38-36(46)34(44)33(43)35(45)37(38)47)39(51)49(32-11-9-25(40(52)53)17-30(32)24-6-7-24)19-22-14-27(23-4-5-23)16-29(15-22)48-12-2-3-13-48/h8-11,14-18,21,23-24H,2-7,12-13,19-20H2,1H3,(H,52,53). The summed E-state index contributed by atoms with van der Waals surface area (Å²) in [4.78, 5) is 28.4. The molecule has 3 fully saturated rings. The van der Waals surface area contributed by atoms with Crippen molar-refractivity contribution in [1.29, 1.82) is 0 Å². The van der Waals surface area contributed by atoms with Gasteiger partial charge in [-0.25, -0.2) is 39.6 Å². The molecule has 1 atom stereocenters. The van der Waals surface area contributed by atoms with Crippen molar-refractivity contribution in [1.82, 2.24) is 4.31 Å². The molecule has 1 aliphatic heterocycles. The monoisotopic (exact) mass is 819 g/mol. The van der Waals surface area contributed by atoms with Crippen molar-refractivity contribution in [3.63, 3.8) is 0 Å². The minimum absolute atomic E-state index is 0.0513. The van der Waals surface area contributed by atoms with Crippen LogP contribution in [0.25, 0.3) is 0 Å². The van der Waals surface area contributed by atoms with Crippen LogP contribution in [-0.4, -0.2) is 48.8 Å². The van der Waals surface area contributed by atoms with E-state index in [-0.39, 0.29) is 38.6 Å². The lowest BCUT2D eigenvalue weighted by molar-refractivity contribution is -0.122. The van der Waals surface area contributed by atoms with Gasteiger partial charge in [0.1, 0.15) is 11.9 Å². The first-order valence-electron chi connectivity index (χ1n) is 18.1. The quantitative estimate of drug-likeness (QED) is 0.0822. The number of aromatic carboxylic acids is 1. The molecule has 4 aromatic carbocycles. The van der Waals surface area contributed by atoms with Gasteiger partial charge in [0, 0.05) is 36.0 Å². The van der Waals surface area contributed by atoms with Crippen molar-refractivity contribution in [2.24, 2.45) is 0 Å². The summed E-state index contributed by atoms with van der Waals surface area (Å²) in [5.41, 5.74) is 3.20. The van der Waals surface area contributed by atoms with Crippen LogP contribution in [0.2, 0.25) is 5.02 Å². The van der Waals surface area contributed by atoms with Gasteiger partial charge in [-0.05, 0) is 122 Å². The number of carboxylic acid groups (broad SMARTS) is 1. The van der Waals surface area contributed by atoms with E-state index in [1.807, 2.05) is 12.1 Å². The summed E-state index contributed by atoms with van der Waals surface area (Å²) >= 11 is 6.24. The largest absolute Gasteiger partial charge is 0.478 e. The van der Waals surface area contributed by atoms with Crippen LogP contribution >= 0.6 is 11.6 Å². The van der Waals surface area contributed by atoms with E-state index in [2.05, 4.69) is 11.0 Å². The van der Waals surface area contributed by atoms with E-state index < -0.39 is 74.3 Å². The number of carboxylic acids is 1. The summed E-state index contributed by atoms with van der Waals surface area (Å²) < 4.78 is 117. The first kappa shape index (κ1) is 39.6. The number of sulfonamides is 1. The molecule has 1 saturated heterocycles. The third-order valence-electron chi connectivity index (χ3n) is 10.6. The summed E-state index contributed by atoms with van der Waals surface area (Å²) in [6.07, 6.45) is 5.29. The molecule has 0 bridgehead atoms. The normalized spacial score (nSPS) is 16.4. The Kier molecular flexibility index (Phi) is 10.9. The maximum Gasteiger partial charge on any atom is 0.335 e. The Bertz CT molecular complexity index is 2320. The average molecular weight is 820 g/mol. The van der Waals surface area contributed by atoms with Crippen LogP contribution in [0.3, 0.4) is 0 Å². The number of nitrogens with zero attached hydrogens (tertiary/aromatic N) is 3. The van der Waals surface area contributed by atoms with Gasteiger partial charge in [-0.15, -0.1) is 0 Å². The van der Waals surface area contributed by atoms with Crippen LogP contribution in [0, 0.1) is 34.9 Å². The molecule has 4 aromatic rings. The molecule has 56 heavy (non-hydrogen) atoms. The molecule has 7 rings (SSSR count). The lowest BCUT2D eigenvalue weighted by Crippen LogP contribution is -2.49. The minimum Gasteiger partial charge on any atom is -0.478 e. The number of anilines is 2. The van der Waals surface area contributed by atoms with Crippen molar-refractivity contribution >= 4 is 44.9 Å². The third kappa shape index (κ3) is 7.72. The number of amides is 1. The van der Waals surface area contributed by atoms with Crippen molar-refractivity contribution in [3.8, 4) is 0 Å². The molecule has 2 saturated carbocycles. The molecule has 16 heteroatoms. The Balaban J connectivity index is 1.38. The van der Waals surface area contributed by atoms with Gasteiger partial charge in [0.25, 0.3) is 0 Å². The fourth-order valence-electron chi connectivity index (χ4n) is 7.25. The molecule has 8 nitrogen and oxygen atoms in total. The van der Waals surface area contributed by atoms with Crippen molar-refractivity contribution in [2.75, 3.05) is 22.9 Å². The first-order valence-corrected chi connectivity index (χ1v) is 19.9. The fourth-order valence-corrected chi connectivity index (χ4v) is 9.15. The molecule has 296 valence electrons. The maximum atomic E-state index is 15.3. The van der Waals surface area contributed by atoms with E-state index in [0.717, 1.165) is 75.1 Å². The predicted octanol–water partition coefficient (Wildman–Crippen LogP) is 9.04. The van der Waals surface area contributed by atoms with Crippen LogP contribution < -0.4 is 9.80 Å². The molecule has 2 aliphatic carbocycles. The Morgan fingerprint density at radius 2 is 1.45 bits per heavy atom. The van der Waals surface area contributed by atoms with Crippen molar-refractivity contribution < 1.29 is 49.5 Å². The number of carbonyl (C=O) groups is 2. The number of halogens is 7. The summed E-state index contributed by atoms with van der Waals surface area (Å²) in [6, 6.07) is 11.1. The minimum atomic E-state index is -5.79. The van der Waals surface area contributed by atoms with Gasteiger partial charge in [0.15, 0.2) is 28.2 Å². The van der Waals surface area contributed by atoms with Crippen LogP contribution in [0.4, 0.5) is 37.7 Å². The maximum absolute atomic E-state index is 15.3. The van der Waals surface area contributed by atoms with Gasteiger partial charge in [-0.3, -0.25) is 4.79 Å². The Hall–Kier alpha value is -4.60. The SMILES string of the molecule is CC(C(=O)N(Cc1cc(C2CC2)cc(N2CCCC2)c1)c1ccc(C(=O)O)cc1C1CC1)N(Cc1ccc(F)cc1Cl)S(=O)(=O)c1c(F)c(F)c(F)c(F)c1F.